The van der Waals surface area contributed by atoms with E-state index in [2.05, 4.69) is 5.32 Å². The molecule has 100 valence electrons. The van der Waals surface area contributed by atoms with E-state index in [-0.39, 0.29) is 12.5 Å². The molecular weight excluding hydrogens is 284 g/mol. The average Bonchev–Trinajstić information content (AvgIpc) is 2.89. The number of amides is 1. The molecule has 1 aromatic heterocycles. The molecule has 1 heterocycles. The van der Waals surface area contributed by atoms with Crippen LogP contribution in [0, 0.1) is 0 Å². The molecule has 1 atom stereocenters. The van der Waals surface area contributed by atoms with Crippen LogP contribution in [0.25, 0.3) is 0 Å². The Morgan fingerprint density at radius 2 is 2.26 bits per heavy atom. The Morgan fingerprint density at radius 1 is 1.47 bits per heavy atom. The van der Waals surface area contributed by atoms with Crippen LogP contribution in [0.1, 0.15) is 22.0 Å². The van der Waals surface area contributed by atoms with Crippen LogP contribution in [0.15, 0.2) is 35.0 Å². The van der Waals surface area contributed by atoms with Gasteiger partial charge in [0.25, 0.3) is 5.91 Å². The number of aliphatic hydroxyl groups excluding tert-OH is 1. The highest BCUT2D eigenvalue weighted by Gasteiger charge is 2.13. The van der Waals surface area contributed by atoms with Crippen molar-refractivity contribution in [1.82, 2.24) is 5.32 Å². The molecule has 0 saturated carbocycles. The first-order valence-electron chi connectivity index (χ1n) is 5.61. The zero-order valence-electron chi connectivity index (χ0n) is 9.97. The lowest BCUT2D eigenvalue weighted by atomic mass is 10.1. The minimum Gasteiger partial charge on any atom is -0.398 e. The van der Waals surface area contributed by atoms with Gasteiger partial charge in [-0.15, -0.1) is 0 Å². The summed E-state index contributed by atoms with van der Waals surface area (Å²) in [7, 11) is 0. The van der Waals surface area contributed by atoms with Crippen LogP contribution in [0.5, 0.6) is 0 Å². The summed E-state index contributed by atoms with van der Waals surface area (Å²) in [4.78, 5) is 11.9. The van der Waals surface area contributed by atoms with Gasteiger partial charge in [0, 0.05) is 17.3 Å². The summed E-state index contributed by atoms with van der Waals surface area (Å²) in [6.45, 7) is 0.137. The van der Waals surface area contributed by atoms with Crippen molar-refractivity contribution in [3.05, 3.63) is 51.2 Å². The van der Waals surface area contributed by atoms with Crippen LogP contribution in [0.3, 0.4) is 0 Å². The van der Waals surface area contributed by atoms with Gasteiger partial charge in [-0.2, -0.15) is 11.3 Å². The SMILES string of the molecule is Nc1cc(Cl)ccc1C(=O)NCC(O)c1ccsc1. The first-order chi connectivity index (χ1) is 9.08. The Bertz CT molecular complexity index is 572. The third-order valence-electron chi connectivity index (χ3n) is 2.64. The molecule has 0 aliphatic heterocycles. The van der Waals surface area contributed by atoms with E-state index >= 15 is 0 Å². The molecule has 2 rings (SSSR count). The van der Waals surface area contributed by atoms with Crippen molar-refractivity contribution < 1.29 is 9.90 Å². The highest BCUT2D eigenvalue weighted by molar-refractivity contribution is 7.07. The van der Waals surface area contributed by atoms with Gasteiger partial charge in [-0.05, 0) is 40.6 Å². The van der Waals surface area contributed by atoms with Gasteiger partial charge in [0.2, 0.25) is 0 Å². The zero-order chi connectivity index (χ0) is 13.8. The summed E-state index contributed by atoms with van der Waals surface area (Å²) in [6, 6.07) is 6.50. The van der Waals surface area contributed by atoms with Crippen LogP contribution in [0.2, 0.25) is 5.02 Å². The maximum Gasteiger partial charge on any atom is 0.253 e. The maximum atomic E-state index is 11.9. The van der Waals surface area contributed by atoms with Crippen LogP contribution >= 0.6 is 22.9 Å². The van der Waals surface area contributed by atoms with Crippen LogP contribution in [0.4, 0.5) is 5.69 Å². The predicted molar refractivity (Wildman–Crippen MR) is 77.5 cm³/mol. The van der Waals surface area contributed by atoms with Gasteiger partial charge in [-0.3, -0.25) is 4.79 Å². The number of nitrogen functional groups attached to an aromatic ring is 1. The molecule has 0 aliphatic carbocycles. The van der Waals surface area contributed by atoms with Crippen molar-refractivity contribution >= 4 is 34.5 Å². The molecule has 1 aromatic carbocycles. The topological polar surface area (TPSA) is 75.4 Å². The number of carbonyl (C=O) groups excluding carboxylic acids is 1. The molecule has 6 heteroatoms. The number of benzene rings is 1. The lowest BCUT2D eigenvalue weighted by Gasteiger charge is -2.11. The second-order valence-electron chi connectivity index (χ2n) is 4.01. The summed E-state index contributed by atoms with van der Waals surface area (Å²) in [5, 5.41) is 16.7. The van der Waals surface area contributed by atoms with Crippen molar-refractivity contribution in [3.8, 4) is 0 Å². The third-order valence-corrected chi connectivity index (χ3v) is 3.58. The van der Waals surface area contributed by atoms with Crippen molar-refractivity contribution in [2.75, 3.05) is 12.3 Å². The van der Waals surface area contributed by atoms with E-state index in [1.807, 2.05) is 16.8 Å². The van der Waals surface area contributed by atoms with Gasteiger partial charge >= 0.3 is 0 Å². The van der Waals surface area contributed by atoms with Gasteiger partial charge in [-0.25, -0.2) is 0 Å². The molecule has 0 aliphatic rings. The van der Waals surface area contributed by atoms with E-state index < -0.39 is 6.10 Å². The highest BCUT2D eigenvalue weighted by Crippen LogP contribution is 2.19. The Hall–Kier alpha value is -1.56. The second kappa shape index (κ2) is 6.06. The number of thiophene rings is 1. The fourth-order valence-electron chi connectivity index (χ4n) is 1.61. The highest BCUT2D eigenvalue weighted by atomic mass is 35.5. The fraction of sp³-hybridized carbons (Fsp3) is 0.154. The van der Waals surface area contributed by atoms with Crippen LogP contribution in [-0.2, 0) is 0 Å². The zero-order valence-corrected chi connectivity index (χ0v) is 11.5. The number of hydrogen-bond acceptors (Lipinski definition) is 4. The van der Waals surface area contributed by atoms with Crippen LogP contribution in [-0.4, -0.2) is 17.6 Å². The summed E-state index contributed by atoms with van der Waals surface area (Å²) in [5.74, 6) is -0.330. The molecule has 4 N–H and O–H groups in total. The number of carbonyl (C=O) groups is 1. The van der Waals surface area contributed by atoms with Gasteiger partial charge in [-0.1, -0.05) is 11.6 Å². The average molecular weight is 297 g/mol. The number of nitrogens with one attached hydrogen (secondary N) is 1. The van der Waals surface area contributed by atoms with Crippen molar-refractivity contribution in [1.29, 1.82) is 0 Å². The summed E-state index contributed by atoms with van der Waals surface area (Å²) in [6.07, 6.45) is -0.719. The lowest BCUT2D eigenvalue weighted by molar-refractivity contribution is 0.0917. The minimum absolute atomic E-state index is 0.137. The molecule has 1 unspecified atom stereocenters. The smallest absolute Gasteiger partial charge is 0.253 e. The van der Waals surface area contributed by atoms with Gasteiger partial charge in [0.05, 0.1) is 11.7 Å². The van der Waals surface area contributed by atoms with E-state index in [0.29, 0.717) is 16.3 Å². The number of rotatable bonds is 4. The lowest BCUT2D eigenvalue weighted by Crippen LogP contribution is -2.28. The second-order valence-corrected chi connectivity index (χ2v) is 5.23. The van der Waals surface area contributed by atoms with Crippen molar-refractivity contribution in [3.63, 3.8) is 0 Å². The van der Waals surface area contributed by atoms with Gasteiger partial charge in [0.15, 0.2) is 0 Å². The molecular formula is C13H13ClN2O2S. The van der Waals surface area contributed by atoms with Gasteiger partial charge < -0.3 is 16.2 Å². The van der Waals surface area contributed by atoms with Crippen LogP contribution < -0.4 is 11.1 Å². The monoisotopic (exact) mass is 296 g/mol. The van der Waals surface area contributed by atoms with E-state index in [0.717, 1.165) is 5.56 Å². The molecule has 0 bridgehead atoms. The fourth-order valence-corrected chi connectivity index (χ4v) is 2.50. The van der Waals surface area contributed by atoms with E-state index in [4.69, 9.17) is 17.3 Å². The van der Waals surface area contributed by atoms with E-state index in [1.165, 1.54) is 17.4 Å². The van der Waals surface area contributed by atoms with E-state index in [1.54, 1.807) is 12.1 Å². The quantitative estimate of drug-likeness (QED) is 0.759. The Balaban J connectivity index is 1.98. The van der Waals surface area contributed by atoms with Crippen molar-refractivity contribution in [2.24, 2.45) is 0 Å². The Labute approximate surface area is 119 Å². The standard InChI is InChI=1S/C13H13ClN2O2S/c14-9-1-2-10(11(15)5-9)13(18)16-6-12(17)8-3-4-19-7-8/h1-5,7,12,17H,6,15H2,(H,16,18). The van der Waals surface area contributed by atoms with E-state index in [9.17, 15) is 9.90 Å². The molecule has 4 nitrogen and oxygen atoms in total. The van der Waals surface area contributed by atoms with Crippen molar-refractivity contribution in [2.45, 2.75) is 6.10 Å². The maximum absolute atomic E-state index is 11.9. The summed E-state index contributed by atoms with van der Waals surface area (Å²) in [5.41, 5.74) is 7.17. The number of hydrogen-bond donors (Lipinski definition) is 3. The molecule has 0 saturated heterocycles. The summed E-state index contributed by atoms with van der Waals surface area (Å²) >= 11 is 7.26. The molecule has 1 amide bonds. The first kappa shape index (κ1) is 13.9. The molecule has 0 radical (unpaired) electrons. The number of anilines is 1. The number of halogens is 1. The largest absolute Gasteiger partial charge is 0.398 e. The predicted octanol–water partition coefficient (Wildman–Crippen LogP) is 2.45. The third kappa shape index (κ3) is 3.47. The minimum atomic E-state index is -0.719. The Morgan fingerprint density at radius 3 is 2.89 bits per heavy atom. The molecule has 19 heavy (non-hydrogen) atoms. The summed E-state index contributed by atoms with van der Waals surface area (Å²) < 4.78 is 0. The molecule has 0 fully saturated rings. The normalized spacial score (nSPS) is 12.1. The molecule has 2 aromatic rings. The molecule has 0 spiro atoms. The Kier molecular flexibility index (Phi) is 4.42. The number of aliphatic hydroxyl groups is 1. The van der Waals surface area contributed by atoms with Gasteiger partial charge in [0.1, 0.15) is 0 Å². The first-order valence-corrected chi connectivity index (χ1v) is 6.93. The number of nitrogens with two attached hydrogens (primary N) is 1.